The molecule has 198 valence electrons. The van der Waals surface area contributed by atoms with Crippen LogP contribution in [-0.4, -0.2) is 41.5 Å². The molecule has 8 nitrogen and oxygen atoms in total. The normalized spacial score (nSPS) is 16.7. The molecule has 0 bridgehead atoms. The molecule has 0 spiro atoms. The standard InChI is InChI=1S/C28H27FN2O6S/c1-5-6-13-37-20-12-9-18(14-15(20)2)23(32)21-22(17-7-10-19(29)11-8-17)31(26(34)24(21)33)28-30-16(3)25(38-28)27(35)36-4/h7-12,14,22,32H,5-6,13H2,1-4H3. The molecule has 10 heteroatoms. The summed E-state index contributed by atoms with van der Waals surface area (Å²) in [7, 11) is 1.23. The number of aromatic nitrogens is 1. The van der Waals surface area contributed by atoms with Crippen LogP contribution < -0.4 is 9.64 Å². The van der Waals surface area contributed by atoms with Gasteiger partial charge in [-0.25, -0.2) is 14.2 Å². The maximum Gasteiger partial charge on any atom is 0.350 e. The lowest BCUT2D eigenvalue weighted by atomic mass is 9.95. The number of ketones is 1. The van der Waals surface area contributed by atoms with Gasteiger partial charge < -0.3 is 14.6 Å². The number of nitrogens with zero attached hydrogens (tertiary/aromatic N) is 2. The molecule has 4 rings (SSSR count). The van der Waals surface area contributed by atoms with Gasteiger partial charge in [-0.1, -0.05) is 36.8 Å². The highest BCUT2D eigenvalue weighted by Crippen LogP contribution is 2.44. The number of aliphatic hydroxyl groups excluding tert-OH is 1. The van der Waals surface area contributed by atoms with E-state index in [0.717, 1.165) is 34.6 Å². The number of methoxy groups -OCH3 is 1. The van der Waals surface area contributed by atoms with Gasteiger partial charge in [0.1, 0.15) is 22.2 Å². The van der Waals surface area contributed by atoms with Crippen LogP contribution in [0.5, 0.6) is 5.75 Å². The molecule has 3 aromatic rings. The summed E-state index contributed by atoms with van der Waals surface area (Å²) in [5, 5.41) is 11.4. The first kappa shape index (κ1) is 27.0. The van der Waals surface area contributed by atoms with Crippen molar-refractivity contribution < 1.29 is 33.4 Å². The number of aliphatic hydroxyl groups is 1. The summed E-state index contributed by atoms with van der Waals surface area (Å²) >= 11 is 0.893. The van der Waals surface area contributed by atoms with Crippen molar-refractivity contribution in [1.82, 2.24) is 4.98 Å². The highest BCUT2D eigenvalue weighted by molar-refractivity contribution is 7.17. The number of amides is 1. The molecular weight excluding hydrogens is 511 g/mol. The summed E-state index contributed by atoms with van der Waals surface area (Å²) in [6, 6.07) is 9.16. The zero-order valence-electron chi connectivity index (χ0n) is 21.4. The number of carbonyl (C=O) groups is 3. The zero-order chi connectivity index (χ0) is 27.6. The summed E-state index contributed by atoms with van der Waals surface area (Å²) < 4.78 is 24.3. The van der Waals surface area contributed by atoms with Gasteiger partial charge >= 0.3 is 11.9 Å². The number of hydrogen-bond donors (Lipinski definition) is 1. The van der Waals surface area contributed by atoms with Gasteiger partial charge in [0.2, 0.25) is 0 Å². The zero-order valence-corrected chi connectivity index (χ0v) is 22.2. The van der Waals surface area contributed by atoms with Gasteiger partial charge in [-0.15, -0.1) is 0 Å². The van der Waals surface area contributed by atoms with Crippen LogP contribution in [-0.2, 0) is 14.3 Å². The number of thiazole rings is 1. The van der Waals surface area contributed by atoms with Gasteiger partial charge in [0, 0.05) is 5.56 Å². The Labute approximate surface area is 223 Å². The molecule has 1 fully saturated rings. The highest BCUT2D eigenvalue weighted by atomic mass is 32.1. The molecule has 1 saturated heterocycles. The second-order valence-corrected chi connectivity index (χ2v) is 9.78. The molecule has 1 atom stereocenters. The summed E-state index contributed by atoms with van der Waals surface area (Å²) in [5.74, 6) is -2.72. The van der Waals surface area contributed by atoms with Gasteiger partial charge in [0.05, 0.1) is 31.0 Å². The van der Waals surface area contributed by atoms with E-state index in [1.807, 2.05) is 6.92 Å². The summed E-state index contributed by atoms with van der Waals surface area (Å²) in [4.78, 5) is 44.5. The van der Waals surface area contributed by atoms with E-state index in [1.165, 1.54) is 31.4 Å². The summed E-state index contributed by atoms with van der Waals surface area (Å²) in [6.07, 6.45) is 1.89. The molecule has 2 heterocycles. The van der Waals surface area contributed by atoms with Crippen molar-refractivity contribution in [1.29, 1.82) is 0 Å². The minimum atomic E-state index is -1.10. The van der Waals surface area contributed by atoms with Gasteiger partial charge in [0.15, 0.2) is 5.13 Å². The number of anilines is 1. The Morgan fingerprint density at radius 1 is 1.16 bits per heavy atom. The van der Waals surface area contributed by atoms with Crippen molar-refractivity contribution in [3.05, 3.63) is 81.1 Å². The number of carbonyl (C=O) groups excluding carboxylic acids is 3. The van der Waals surface area contributed by atoms with E-state index in [1.54, 1.807) is 25.1 Å². The molecule has 0 saturated carbocycles. The fraction of sp³-hybridized carbons (Fsp3) is 0.286. The van der Waals surface area contributed by atoms with Crippen LogP contribution in [0.2, 0.25) is 0 Å². The number of aryl methyl sites for hydroxylation is 2. The molecule has 0 aliphatic carbocycles. The maximum absolute atomic E-state index is 13.8. The second kappa shape index (κ2) is 11.1. The number of benzene rings is 2. The van der Waals surface area contributed by atoms with Crippen molar-refractivity contribution in [2.75, 3.05) is 18.6 Å². The fourth-order valence-corrected chi connectivity index (χ4v) is 5.21. The Balaban J connectivity index is 1.84. The average Bonchev–Trinajstić information content (AvgIpc) is 3.41. The number of unbranched alkanes of at least 4 members (excludes halogenated alkanes) is 1. The molecule has 1 aliphatic rings. The summed E-state index contributed by atoms with van der Waals surface area (Å²) in [6.45, 7) is 6.02. The van der Waals surface area contributed by atoms with Gasteiger partial charge in [-0.05, 0) is 61.7 Å². The fourth-order valence-electron chi connectivity index (χ4n) is 4.20. The molecule has 1 unspecified atom stereocenters. The van der Waals surface area contributed by atoms with Crippen molar-refractivity contribution >= 4 is 39.9 Å². The first-order valence-electron chi connectivity index (χ1n) is 12.0. The molecular formula is C28H27FN2O6S. The number of hydrogen-bond acceptors (Lipinski definition) is 8. The third-order valence-corrected chi connectivity index (χ3v) is 7.33. The first-order chi connectivity index (χ1) is 18.2. The van der Waals surface area contributed by atoms with Gasteiger partial charge in [-0.2, -0.15) is 0 Å². The van der Waals surface area contributed by atoms with E-state index in [9.17, 15) is 23.9 Å². The Kier molecular flexibility index (Phi) is 7.91. The number of halogens is 1. The van der Waals surface area contributed by atoms with Crippen LogP contribution in [0.1, 0.15) is 57.9 Å². The predicted octanol–water partition coefficient (Wildman–Crippen LogP) is 5.49. The van der Waals surface area contributed by atoms with Crippen LogP contribution in [0.4, 0.5) is 9.52 Å². The minimum absolute atomic E-state index is 0.0780. The van der Waals surface area contributed by atoms with E-state index >= 15 is 0 Å². The van der Waals surface area contributed by atoms with E-state index in [2.05, 4.69) is 11.9 Å². The maximum atomic E-state index is 13.8. The number of rotatable bonds is 8. The van der Waals surface area contributed by atoms with Crippen LogP contribution in [0.3, 0.4) is 0 Å². The minimum Gasteiger partial charge on any atom is -0.507 e. The number of esters is 1. The first-order valence-corrected chi connectivity index (χ1v) is 12.9. The van der Waals surface area contributed by atoms with Crippen LogP contribution in [0.25, 0.3) is 5.76 Å². The van der Waals surface area contributed by atoms with Crippen LogP contribution in [0.15, 0.2) is 48.0 Å². The van der Waals surface area contributed by atoms with Crippen LogP contribution in [0, 0.1) is 19.7 Å². The third-order valence-electron chi connectivity index (χ3n) is 6.20. The number of Topliss-reactive ketones (excluding diaryl/α,β-unsaturated/α-hetero) is 1. The molecule has 2 aromatic carbocycles. The van der Waals surface area contributed by atoms with Crippen molar-refractivity contribution in [3.63, 3.8) is 0 Å². The highest BCUT2D eigenvalue weighted by Gasteiger charge is 2.48. The largest absolute Gasteiger partial charge is 0.507 e. The van der Waals surface area contributed by atoms with Gasteiger partial charge in [0.25, 0.3) is 5.78 Å². The van der Waals surface area contributed by atoms with E-state index < -0.39 is 29.5 Å². The molecule has 1 aromatic heterocycles. The number of ether oxygens (including phenoxy) is 2. The summed E-state index contributed by atoms with van der Waals surface area (Å²) in [5.41, 5.74) is 1.60. The van der Waals surface area contributed by atoms with Gasteiger partial charge in [-0.3, -0.25) is 14.5 Å². The smallest absolute Gasteiger partial charge is 0.350 e. The molecule has 0 radical (unpaired) electrons. The Hall–Kier alpha value is -4.05. The Morgan fingerprint density at radius 2 is 1.87 bits per heavy atom. The third kappa shape index (κ3) is 5.04. The topological polar surface area (TPSA) is 106 Å². The lowest BCUT2D eigenvalue weighted by Gasteiger charge is -2.23. The van der Waals surface area contributed by atoms with E-state index in [4.69, 9.17) is 9.47 Å². The van der Waals surface area contributed by atoms with E-state index in [-0.39, 0.29) is 21.3 Å². The second-order valence-electron chi connectivity index (χ2n) is 8.81. The van der Waals surface area contributed by atoms with Crippen molar-refractivity contribution in [2.24, 2.45) is 0 Å². The van der Waals surface area contributed by atoms with Crippen molar-refractivity contribution in [3.8, 4) is 5.75 Å². The van der Waals surface area contributed by atoms with Crippen LogP contribution >= 0.6 is 11.3 Å². The molecule has 1 N–H and O–H groups in total. The predicted molar refractivity (Wildman–Crippen MR) is 141 cm³/mol. The Morgan fingerprint density at radius 3 is 2.50 bits per heavy atom. The SMILES string of the molecule is CCCCOc1ccc(C(O)=C2C(=O)C(=O)N(c3nc(C)c(C(=O)OC)s3)C2c2ccc(F)cc2)cc1C. The lowest BCUT2D eigenvalue weighted by Crippen LogP contribution is -2.29. The average molecular weight is 539 g/mol. The van der Waals surface area contributed by atoms with E-state index in [0.29, 0.717) is 29.2 Å². The van der Waals surface area contributed by atoms with Crippen molar-refractivity contribution in [2.45, 2.75) is 39.7 Å². The quantitative estimate of drug-likeness (QED) is 0.133. The lowest BCUT2D eigenvalue weighted by molar-refractivity contribution is -0.132. The molecule has 38 heavy (non-hydrogen) atoms. The molecule has 1 aliphatic heterocycles. The monoisotopic (exact) mass is 538 g/mol. The molecule has 1 amide bonds. The Bertz CT molecular complexity index is 1430.